The lowest BCUT2D eigenvalue weighted by Crippen LogP contribution is -1.85. The SMILES string of the molecule is Fc1cc(F)c(Br)c(Cl)c1Br. The van der Waals surface area contributed by atoms with Gasteiger partial charge in [0.15, 0.2) is 0 Å². The number of benzene rings is 1. The zero-order chi connectivity index (χ0) is 8.59. The number of halogens is 5. The Bertz CT molecular complexity index is 275. The number of rotatable bonds is 0. The maximum Gasteiger partial charge on any atom is 0.141 e. The van der Waals surface area contributed by atoms with E-state index >= 15 is 0 Å². The molecule has 0 amide bonds. The van der Waals surface area contributed by atoms with Crippen molar-refractivity contribution in [2.75, 3.05) is 0 Å². The van der Waals surface area contributed by atoms with Crippen LogP contribution in [0.5, 0.6) is 0 Å². The Morgan fingerprint density at radius 1 is 1.09 bits per heavy atom. The molecule has 1 aromatic rings. The summed E-state index contributed by atoms with van der Waals surface area (Å²) in [7, 11) is 0. The van der Waals surface area contributed by atoms with Crippen LogP contribution >= 0.6 is 43.5 Å². The Kier molecular flexibility index (Phi) is 2.89. The highest BCUT2D eigenvalue weighted by Gasteiger charge is 2.12. The van der Waals surface area contributed by atoms with E-state index in [-0.39, 0.29) is 14.0 Å². The van der Waals surface area contributed by atoms with Crippen molar-refractivity contribution in [2.45, 2.75) is 0 Å². The largest absolute Gasteiger partial charge is 0.206 e. The summed E-state index contributed by atoms with van der Waals surface area (Å²) >= 11 is 11.2. The van der Waals surface area contributed by atoms with Gasteiger partial charge in [-0.15, -0.1) is 0 Å². The molecule has 0 unspecified atom stereocenters. The fourth-order valence-electron chi connectivity index (χ4n) is 0.544. The van der Waals surface area contributed by atoms with Gasteiger partial charge in [-0.1, -0.05) is 11.6 Å². The smallest absolute Gasteiger partial charge is 0.141 e. The zero-order valence-electron chi connectivity index (χ0n) is 4.97. The molecule has 0 heterocycles. The Morgan fingerprint density at radius 2 is 1.45 bits per heavy atom. The minimum Gasteiger partial charge on any atom is -0.206 e. The van der Waals surface area contributed by atoms with E-state index in [9.17, 15) is 8.78 Å². The molecule has 0 fully saturated rings. The van der Waals surface area contributed by atoms with E-state index in [0.717, 1.165) is 6.07 Å². The first-order chi connectivity index (χ1) is 5.04. The van der Waals surface area contributed by atoms with E-state index in [1.807, 2.05) is 0 Å². The van der Waals surface area contributed by atoms with Gasteiger partial charge >= 0.3 is 0 Å². The van der Waals surface area contributed by atoms with Crippen molar-refractivity contribution in [3.8, 4) is 0 Å². The lowest BCUT2D eigenvalue weighted by Gasteiger charge is -2.00. The average Bonchev–Trinajstić information content (AvgIpc) is 1.97. The van der Waals surface area contributed by atoms with Crippen LogP contribution < -0.4 is 0 Å². The molecule has 0 atom stereocenters. The van der Waals surface area contributed by atoms with Crippen LogP contribution in [-0.4, -0.2) is 0 Å². The molecule has 1 aromatic carbocycles. The summed E-state index contributed by atoms with van der Waals surface area (Å²) < 4.78 is 25.4. The minimum absolute atomic E-state index is 0.00231. The molecule has 0 radical (unpaired) electrons. The van der Waals surface area contributed by atoms with Crippen LogP contribution in [-0.2, 0) is 0 Å². The van der Waals surface area contributed by atoms with E-state index < -0.39 is 11.6 Å². The van der Waals surface area contributed by atoms with Gasteiger partial charge in [0.1, 0.15) is 11.6 Å². The second-order valence-corrected chi connectivity index (χ2v) is 3.75. The number of hydrogen-bond donors (Lipinski definition) is 0. The van der Waals surface area contributed by atoms with Crippen LogP contribution in [0.1, 0.15) is 0 Å². The first-order valence-corrected chi connectivity index (χ1v) is 4.49. The molecule has 0 bridgehead atoms. The van der Waals surface area contributed by atoms with Crippen LogP contribution in [0.2, 0.25) is 5.02 Å². The first kappa shape index (κ1) is 9.42. The highest BCUT2D eigenvalue weighted by atomic mass is 79.9. The van der Waals surface area contributed by atoms with Crippen LogP contribution in [0.4, 0.5) is 8.78 Å². The molecule has 0 aliphatic carbocycles. The van der Waals surface area contributed by atoms with Gasteiger partial charge in [-0.3, -0.25) is 0 Å². The van der Waals surface area contributed by atoms with E-state index in [1.165, 1.54) is 0 Å². The monoisotopic (exact) mass is 304 g/mol. The van der Waals surface area contributed by atoms with Crippen LogP contribution in [0, 0.1) is 11.6 Å². The minimum atomic E-state index is -0.712. The molecule has 5 heteroatoms. The first-order valence-electron chi connectivity index (χ1n) is 2.52. The van der Waals surface area contributed by atoms with Gasteiger partial charge in [0, 0.05) is 6.07 Å². The van der Waals surface area contributed by atoms with Crippen molar-refractivity contribution in [1.82, 2.24) is 0 Å². The maximum absolute atomic E-state index is 12.6. The summed E-state index contributed by atoms with van der Waals surface area (Å²) in [6.45, 7) is 0. The molecule has 0 nitrogen and oxygen atoms in total. The van der Waals surface area contributed by atoms with Crippen molar-refractivity contribution >= 4 is 43.5 Å². The lowest BCUT2D eigenvalue weighted by atomic mass is 10.3. The fourth-order valence-corrected chi connectivity index (χ4v) is 1.62. The van der Waals surface area contributed by atoms with E-state index in [4.69, 9.17) is 11.6 Å². The molecule has 0 aliphatic heterocycles. The molecule has 0 aliphatic rings. The summed E-state index contributed by atoms with van der Waals surface area (Å²) in [5, 5.41) is 0.00231. The predicted molar refractivity (Wildman–Crippen MR) is 46.8 cm³/mol. The second-order valence-electron chi connectivity index (χ2n) is 1.78. The summed E-state index contributed by atoms with van der Waals surface area (Å²) in [6.07, 6.45) is 0. The number of hydrogen-bond acceptors (Lipinski definition) is 0. The van der Waals surface area contributed by atoms with Gasteiger partial charge in [0.25, 0.3) is 0 Å². The third kappa shape index (κ3) is 1.73. The zero-order valence-corrected chi connectivity index (χ0v) is 8.90. The average molecular weight is 306 g/mol. The van der Waals surface area contributed by atoms with Crippen LogP contribution in [0.15, 0.2) is 15.0 Å². The molecule has 0 saturated heterocycles. The molecular formula is C6HBr2ClF2. The predicted octanol–water partition coefficient (Wildman–Crippen LogP) is 4.14. The summed E-state index contributed by atoms with van der Waals surface area (Å²) in [6, 6.07) is 0.750. The van der Waals surface area contributed by atoms with Crippen molar-refractivity contribution in [2.24, 2.45) is 0 Å². The molecule has 60 valence electrons. The van der Waals surface area contributed by atoms with Gasteiger partial charge in [-0.05, 0) is 31.9 Å². The molecule has 0 aromatic heterocycles. The molecule has 1 rings (SSSR count). The van der Waals surface area contributed by atoms with Gasteiger partial charge < -0.3 is 0 Å². The normalized spacial score (nSPS) is 10.3. The Morgan fingerprint density at radius 3 is 1.82 bits per heavy atom. The quantitative estimate of drug-likeness (QED) is 0.499. The summed E-state index contributed by atoms with van der Waals surface area (Å²) in [4.78, 5) is 0. The Hall–Kier alpha value is 0.330. The van der Waals surface area contributed by atoms with Crippen molar-refractivity contribution < 1.29 is 8.78 Å². The molecule has 0 saturated carbocycles. The van der Waals surface area contributed by atoms with Gasteiger partial charge in [-0.25, -0.2) is 8.78 Å². The van der Waals surface area contributed by atoms with Gasteiger partial charge in [0.2, 0.25) is 0 Å². The Balaban J connectivity index is 3.46. The van der Waals surface area contributed by atoms with Crippen molar-refractivity contribution in [1.29, 1.82) is 0 Å². The summed E-state index contributed by atoms with van der Waals surface area (Å²) in [5.41, 5.74) is 0. The molecule has 0 spiro atoms. The third-order valence-corrected chi connectivity index (χ3v) is 3.44. The van der Waals surface area contributed by atoms with E-state index in [2.05, 4.69) is 31.9 Å². The summed E-state index contributed by atoms with van der Waals surface area (Å²) in [5.74, 6) is -1.42. The van der Waals surface area contributed by atoms with E-state index in [0.29, 0.717) is 0 Å². The fraction of sp³-hybridized carbons (Fsp3) is 0. The second kappa shape index (κ2) is 3.37. The van der Waals surface area contributed by atoms with Gasteiger partial charge in [-0.2, -0.15) is 0 Å². The topological polar surface area (TPSA) is 0 Å². The Labute approximate surface area is 83.8 Å². The highest BCUT2D eigenvalue weighted by molar-refractivity contribution is 9.11. The van der Waals surface area contributed by atoms with Gasteiger partial charge in [0.05, 0.1) is 14.0 Å². The van der Waals surface area contributed by atoms with Crippen molar-refractivity contribution in [3.63, 3.8) is 0 Å². The molecule has 0 N–H and O–H groups in total. The van der Waals surface area contributed by atoms with Crippen LogP contribution in [0.3, 0.4) is 0 Å². The van der Waals surface area contributed by atoms with Crippen LogP contribution in [0.25, 0.3) is 0 Å². The standard InChI is InChI=1S/C6HBr2ClF2/c7-4-2(10)1-3(11)5(8)6(4)9/h1H. The maximum atomic E-state index is 12.6. The molecular weight excluding hydrogens is 305 g/mol. The van der Waals surface area contributed by atoms with Crippen molar-refractivity contribution in [3.05, 3.63) is 31.7 Å². The third-order valence-electron chi connectivity index (χ3n) is 1.06. The molecule has 11 heavy (non-hydrogen) atoms. The highest BCUT2D eigenvalue weighted by Crippen LogP contribution is 2.34. The lowest BCUT2D eigenvalue weighted by molar-refractivity contribution is 0.575. The van der Waals surface area contributed by atoms with E-state index in [1.54, 1.807) is 0 Å².